The van der Waals surface area contributed by atoms with Gasteiger partial charge in [-0.3, -0.25) is 0 Å². The molecule has 0 amide bonds. The zero-order valence-corrected chi connectivity index (χ0v) is 11.4. The number of aryl methyl sites for hydroxylation is 1. The molecular formula is C15H24N2O. The molecule has 100 valence electrons. The molecule has 1 aromatic rings. The van der Waals surface area contributed by atoms with Crippen LogP contribution in [-0.4, -0.2) is 30.8 Å². The van der Waals surface area contributed by atoms with Gasteiger partial charge in [-0.15, -0.1) is 0 Å². The van der Waals surface area contributed by atoms with Crippen molar-refractivity contribution in [1.82, 2.24) is 0 Å². The third-order valence-corrected chi connectivity index (χ3v) is 3.99. The van der Waals surface area contributed by atoms with Crippen LogP contribution < -0.4 is 10.6 Å². The first-order valence-electron chi connectivity index (χ1n) is 6.81. The highest BCUT2D eigenvalue weighted by atomic mass is 16.3. The third-order valence-electron chi connectivity index (χ3n) is 3.99. The first kappa shape index (κ1) is 13.4. The van der Waals surface area contributed by atoms with E-state index in [4.69, 9.17) is 5.73 Å². The van der Waals surface area contributed by atoms with Crippen molar-refractivity contribution in [1.29, 1.82) is 0 Å². The van der Waals surface area contributed by atoms with E-state index in [2.05, 4.69) is 36.1 Å². The zero-order chi connectivity index (χ0) is 13.2. The Kier molecular flexibility index (Phi) is 3.93. The standard InChI is InChI=1S/C15H24N2O/c1-3-12-4-8-14(9-5-12)17(2)11-15(18,10-16)13-6-7-13/h4-5,8-9,13,18H,3,6-7,10-11,16H2,1-2H3. The summed E-state index contributed by atoms with van der Waals surface area (Å²) < 4.78 is 0. The summed E-state index contributed by atoms with van der Waals surface area (Å²) in [5.41, 5.74) is 7.49. The molecule has 3 heteroatoms. The number of hydrogen-bond donors (Lipinski definition) is 2. The summed E-state index contributed by atoms with van der Waals surface area (Å²) in [4.78, 5) is 2.10. The summed E-state index contributed by atoms with van der Waals surface area (Å²) in [6.07, 6.45) is 3.27. The Morgan fingerprint density at radius 2 is 1.94 bits per heavy atom. The minimum Gasteiger partial charge on any atom is -0.386 e. The van der Waals surface area contributed by atoms with E-state index in [9.17, 15) is 5.11 Å². The largest absolute Gasteiger partial charge is 0.386 e. The number of anilines is 1. The Balaban J connectivity index is 2.03. The maximum absolute atomic E-state index is 10.5. The normalized spacial score (nSPS) is 18.4. The van der Waals surface area contributed by atoms with Gasteiger partial charge in [0.25, 0.3) is 0 Å². The number of rotatable bonds is 6. The van der Waals surface area contributed by atoms with E-state index in [0.29, 0.717) is 19.0 Å². The lowest BCUT2D eigenvalue weighted by molar-refractivity contribution is 0.0344. The van der Waals surface area contributed by atoms with Crippen LogP contribution in [0.2, 0.25) is 0 Å². The van der Waals surface area contributed by atoms with Gasteiger partial charge in [0.15, 0.2) is 0 Å². The molecule has 0 aromatic heterocycles. The van der Waals surface area contributed by atoms with Gasteiger partial charge < -0.3 is 15.7 Å². The molecule has 1 aliphatic carbocycles. The molecule has 0 spiro atoms. The number of nitrogens with two attached hydrogens (primary N) is 1. The van der Waals surface area contributed by atoms with Crippen LogP contribution >= 0.6 is 0 Å². The van der Waals surface area contributed by atoms with Crippen molar-refractivity contribution in [2.24, 2.45) is 11.7 Å². The Bertz CT molecular complexity index is 386. The van der Waals surface area contributed by atoms with Crippen LogP contribution in [0.4, 0.5) is 5.69 Å². The van der Waals surface area contributed by atoms with Gasteiger partial charge in [-0.05, 0) is 42.9 Å². The van der Waals surface area contributed by atoms with E-state index in [-0.39, 0.29) is 0 Å². The zero-order valence-electron chi connectivity index (χ0n) is 11.4. The highest BCUT2D eigenvalue weighted by molar-refractivity contribution is 5.47. The molecule has 0 saturated heterocycles. The molecule has 1 atom stereocenters. The fourth-order valence-electron chi connectivity index (χ4n) is 2.47. The van der Waals surface area contributed by atoms with Gasteiger partial charge in [0, 0.05) is 25.8 Å². The van der Waals surface area contributed by atoms with Crippen molar-refractivity contribution in [3.05, 3.63) is 29.8 Å². The van der Waals surface area contributed by atoms with Gasteiger partial charge in [0.2, 0.25) is 0 Å². The van der Waals surface area contributed by atoms with E-state index < -0.39 is 5.60 Å². The van der Waals surface area contributed by atoms with Crippen molar-refractivity contribution < 1.29 is 5.11 Å². The quantitative estimate of drug-likeness (QED) is 0.807. The molecule has 1 fully saturated rings. The van der Waals surface area contributed by atoms with E-state index in [1.165, 1.54) is 5.56 Å². The summed E-state index contributed by atoms with van der Waals surface area (Å²) in [6.45, 7) is 3.10. The predicted molar refractivity (Wildman–Crippen MR) is 75.8 cm³/mol. The molecule has 1 aromatic carbocycles. The minimum absolute atomic E-state index is 0.342. The van der Waals surface area contributed by atoms with Crippen LogP contribution in [0.25, 0.3) is 0 Å². The van der Waals surface area contributed by atoms with Crippen LogP contribution in [0.3, 0.4) is 0 Å². The maximum atomic E-state index is 10.5. The van der Waals surface area contributed by atoms with Crippen LogP contribution in [0.15, 0.2) is 24.3 Å². The predicted octanol–water partition coefficient (Wildman–Crippen LogP) is 1.78. The minimum atomic E-state index is -0.724. The van der Waals surface area contributed by atoms with Crippen molar-refractivity contribution in [3.8, 4) is 0 Å². The summed E-state index contributed by atoms with van der Waals surface area (Å²) in [5.74, 6) is 0.389. The molecule has 1 aliphatic rings. The second kappa shape index (κ2) is 5.29. The Labute approximate surface area is 110 Å². The molecule has 1 saturated carbocycles. The molecular weight excluding hydrogens is 224 g/mol. The molecule has 18 heavy (non-hydrogen) atoms. The lowest BCUT2D eigenvalue weighted by Gasteiger charge is -2.32. The molecule has 3 nitrogen and oxygen atoms in total. The third kappa shape index (κ3) is 2.85. The first-order chi connectivity index (χ1) is 8.59. The highest BCUT2D eigenvalue weighted by Gasteiger charge is 2.43. The number of hydrogen-bond acceptors (Lipinski definition) is 3. The lowest BCUT2D eigenvalue weighted by Crippen LogP contribution is -2.49. The van der Waals surface area contributed by atoms with E-state index in [1.54, 1.807) is 0 Å². The highest BCUT2D eigenvalue weighted by Crippen LogP contribution is 2.39. The summed E-state index contributed by atoms with van der Waals surface area (Å²) in [5, 5.41) is 10.5. The molecule has 2 rings (SSSR count). The van der Waals surface area contributed by atoms with Gasteiger partial charge >= 0.3 is 0 Å². The molecule has 0 bridgehead atoms. The average Bonchev–Trinajstić information content (AvgIpc) is 3.23. The summed E-state index contributed by atoms with van der Waals surface area (Å²) in [6, 6.07) is 8.51. The van der Waals surface area contributed by atoms with E-state index in [1.807, 2.05) is 7.05 Å². The number of benzene rings is 1. The smallest absolute Gasteiger partial charge is 0.0970 e. The van der Waals surface area contributed by atoms with Crippen LogP contribution in [-0.2, 0) is 6.42 Å². The fourth-order valence-corrected chi connectivity index (χ4v) is 2.47. The van der Waals surface area contributed by atoms with Crippen molar-refractivity contribution >= 4 is 5.69 Å². The lowest BCUT2D eigenvalue weighted by atomic mass is 9.97. The van der Waals surface area contributed by atoms with Gasteiger partial charge in [-0.2, -0.15) is 0 Å². The van der Waals surface area contributed by atoms with Crippen LogP contribution in [0.1, 0.15) is 25.3 Å². The van der Waals surface area contributed by atoms with Gasteiger partial charge in [0.05, 0.1) is 5.60 Å². The number of aliphatic hydroxyl groups is 1. The molecule has 0 aliphatic heterocycles. The fraction of sp³-hybridized carbons (Fsp3) is 0.600. The van der Waals surface area contributed by atoms with Crippen LogP contribution in [0.5, 0.6) is 0 Å². The van der Waals surface area contributed by atoms with Gasteiger partial charge in [-0.25, -0.2) is 0 Å². The van der Waals surface area contributed by atoms with Gasteiger partial charge in [0.1, 0.15) is 0 Å². The first-order valence-corrected chi connectivity index (χ1v) is 6.81. The average molecular weight is 248 g/mol. The molecule has 3 N–H and O–H groups in total. The Hall–Kier alpha value is -1.06. The van der Waals surface area contributed by atoms with Crippen molar-refractivity contribution in [3.63, 3.8) is 0 Å². The second-order valence-electron chi connectivity index (χ2n) is 5.46. The Morgan fingerprint density at radius 3 is 2.39 bits per heavy atom. The summed E-state index contributed by atoms with van der Waals surface area (Å²) in [7, 11) is 2.02. The van der Waals surface area contributed by atoms with Crippen LogP contribution in [0, 0.1) is 5.92 Å². The SMILES string of the molecule is CCc1ccc(N(C)CC(O)(CN)C2CC2)cc1. The number of nitrogens with zero attached hydrogens (tertiary/aromatic N) is 1. The van der Waals surface area contributed by atoms with Crippen molar-refractivity contribution in [2.75, 3.05) is 25.0 Å². The van der Waals surface area contributed by atoms with E-state index >= 15 is 0 Å². The number of likely N-dealkylation sites (N-methyl/N-ethyl adjacent to an activating group) is 1. The van der Waals surface area contributed by atoms with Gasteiger partial charge in [-0.1, -0.05) is 19.1 Å². The maximum Gasteiger partial charge on any atom is 0.0970 e. The molecule has 1 unspecified atom stereocenters. The summed E-state index contributed by atoms with van der Waals surface area (Å²) >= 11 is 0. The molecule has 0 radical (unpaired) electrons. The molecule has 0 heterocycles. The Morgan fingerprint density at radius 1 is 1.33 bits per heavy atom. The second-order valence-corrected chi connectivity index (χ2v) is 5.46. The van der Waals surface area contributed by atoms with E-state index in [0.717, 1.165) is 24.9 Å². The van der Waals surface area contributed by atoms with Crippen molar-refractivity contribution in [2.45, 2.75) is 31.8 Å². The monoisotopic (exact) mass is 248 g/mol. The topological polar surface area (TPSA) is 49.5 Å².